The lowest BCUT2D eigenvalue weighted by Gasteiger charge is -2.20. The maximum absolute atomic E-state index is 9.86. The van der Waals surface area contributed by atoms with Gasteiger partial charge in [-0.25, -0.2) is 14.4 Å². The number of rotatable bonds is 4. The van der Waals surface area contributed by atoms with E-state index in [1.165, 1.54) is 13.8 Å². The molecule has 0 aliphatic heterocycles. The van der Waals surface area contributed by atoms with Gasteiger partial charge in [0.25, 0.3) is 0 Å². The van der Waals surface area contributed by atoms with E-state index in [1.807, 2.05) is 0 Å². The summed E-state index contributed by atoms with van der Waals surface area (Å²) in [6.07, 6.45) is 4.39. The van der Waals surface area contributed by atoms with Gasteiger partial charge < -0.3 is 35.7 Å². The Bertz CT molecular complexity index is 499. The molecule has 1 fully saturated rings. The molecule has 10 heteroatoms. The molecule has 0 unspecified atom stereocenters. The summed E-state index contributed by atoms with van der Waals surface area (Å²) in [4.78, 5) is 29.1. The smallest absolute Gasteiger partial charge is 0.330 e. The van der Waals surface area contributed by atoms with E-state index >= 15 is 0 Å². The average Bonchev–Trinajstić information content (AvgIpc) is 2.70. The van der Waals surface area contributed by atoms with E-state index in [0.717, 1.165) is 25.7 Å². The Morgan fingerprint density at radius 1 is 0.742 bits per heavy atom. The van der Waals surface area contributed by atoms with Gasteiger partial charge in [0.05, 0.1) is 25.4 Å². The number of carboxylic acids is 3. The third-order valence-electron chi connectivity index (χ3n) is 3.27. The lowest BCUT2D eigenvalue weighted by Crippen LogP contribution is -2.21. The highest BCUT2D eigenvalue weighted by Gasteiger charge is 2.15. The van der Waals surface area contributed by atoms with Crippen LogP contribution in [0.5, 0.6) is 0 Å². The van der Waals surface area contributed by atoms with Crippen LogP contribution < -0.4 is 0 Å². The summed E-state index contributed by atoms with van der Waals surface area (Å²) in [5, 5.41) is 57.0. The van der Waals surface area contributed by atoms with Crippen molar-refractivity contribution in [2.24, 2.45) is 0 Å². The maximum atomic E-state index is 9.86. The second-order valence-electron chi connectivity index (χ2n) is 6.36. The van der Waals surface area contributed by atoms with Gasteiger partial charge in [-0.2, -0.15) is 0 Å². The molecule has 31 heavy (non-hydrogen) atoms. The molecule has 7 N–H and O–H groups in total. The summed E-state index contributed by atoms with van der Waals surface area (Å²) in [7, 11) is 0. The van der Waals surface area contributed by atoms with Gasteiger partial charge in [-0.15, -0.1) is 0 Å². The number of aliphatic hydroxyl groups is 4. The number of aliphatic hydroxyl groups excluding tert-OH is 4. The molecule has 1 saturated carbocycles. The van der Waals surface area contributed by atoms with Gasteiger partial charge >= 0.3 is 17.9 Å². The minimum Gasteiger partial charge on any atom is -0.478 e. The Hall–Kier alpha value is -2.53. The standard InChI is InChI=1S/C6H12O2.C5H8O2.2C4H6O2.C2H6O2/c7-5-1-2-6(8)4-3-5;1-3-4(2)5(6)7;2*1-3(2)4(5)6;3-1-2-4/h5-8H,1-4H2;3H,1-2H3,(H,6,7);2*1H2,2H3,(H,5,6);3-4H,1-2H2. The van der Waals surface area contributed by atoms with Gasteiger partial charge in [-0.1, -0.05) is 19.2 Å². The molecule has 1 aliphatic rings. The molecule has 0 spiro atoms. The van der Waals surface area contributed by atoms with Gasteiger partial charge in [0.1, 0.15) is 0 Å². The zero-order valence-electron chi connectivity index (χ0n) is 18.7. The lowest BCUT2D eigenvalue weighted by molar-refractivity contribution is -0.133. The number of hydrogen-bond acceptors (Lipinski definition) is 7. The molecular formula is C21H38O10. The monoisotopic (exact) mass is 450 g/mol. The normalized spacial score (nSPS) is 16.7. The quantitative estimate of drug-likeness (QED) is 0.309. The first-order chi connectivity index (χ1) is 14.2. The highest BCUT2D eigenvalue weighted by molar-refractivity contribution is 5.85. The minimum absolute atomic E-state index is 0.125. The molecule has 0 saturated heterocycles. The van der Waals surface area contributed by atoms with E-state index in [0.29, 0.717) is 5.57 Å². The van der Waals surface area contributed by atoms with Gasteiger partial charge in [-0.3, -0.25) is 0 Å². The van der Waals surface area contributed by atoms with E-state index in [9.17, 15) is 14.4 Å². The fourth-order valence-electron chi connectivity index (χ4n) is 1.18. The molecular weight excluding hydrogens is 412 g/mol. The highest BCUT2D eigenvalue weighted by Crippen LogP contribution is 2.17. The van der Waals surface area contributed by atoms with Crippen LogP contribution in [0, 0.1) is 0 Å². The van der Waals surface area contributed by atoms with Gasteiger partial charge in [0.15, 0.2) is 0 Å². The Morgan fingerprint density at radius 3 is 1.03 bits per heavy atom. The molecule has 0 radical (unpaired) electrons. The van der Waals surface area contributed by atoms with Crippen LogP contribution in [0.1, 0.15) is 53.4 Å². The third-order valence-corrected chi connectivity index (χ3v) is 3.27. The summed E-state index contributed by atoms with van der Waals surface area (Å²) in [5.41, 5.74) is 0.741. The SMILES string of the molecule is C=C(C)C(=O)O.C=C(C)C(=O)O.CC=C(C)C(=O)O.OC1CCC(O)CC1.OCCO. The van der Waals surface area contributed by atoms with Crippen molar-refractivity contribution in [3.63, 3.8) is 0 Å². The molecule has 0 bridgehead atoms. The molecule has 1 rings (SSSR count). The fraction of sp³-hybridized carbons (Fsp3) is 0.571. The summed E-state index contributed by atoms with van der Waals surface area (Å²) in [6.45, 7) is 12.2. The van der Waals surface area contributed by atoms with Crippen molar-refractivity contribution in [1.82, 2.24) is 0 Å². The van der Waals surface area contributed by atoms with Crippen molar-refractivity contribution in [1.29, 1.82) is 0 Å². The predicted octanol–water partition coefficient (Wildman–Crippen LogP) is 1.58. The molecule has 0 aromatic carbocycles. The second kappa shape index (κ2) is 23.7. The Morgan fingerprint density at radius 2 is 0.968 bits per heavy atom. The van der Waals surface area contributed by atoms with Crippen LogP contribution >= 0.6 is 0 Å². The molecule has 0 heterocycles. The number of allylic oxidation sites excluding steroid dienone is 1. The van der Waals surface area contributed by atoms with E-state index in [-0.39, 0.29) is 36.6 Å². The number of hydrogen-bond donors (Lipinski definition) is 7. The van der Waals surface area contributed by atoms with Crippen LogP contribution in [0.2, 0.25) is 0 Å². The zero-order valence-corrected chi connectivity index (χ0v) is 18.7. The second-order valence-corrected chi connectivity index (χ2v) is 6.36. The largest absolute Gasteiger partial charge is 0.478 e. The Kier molecular flexibility index (Phi) is 27.5. The summed E-state index contributed by atoms with van der Waals surface area (Å²) in [6, 6.07) is 0. The first kappa shape index (κ1) is 35.9. The van der Waals surface area contributed by atoms with Crippen molar-refractivity contribution in [3.05, 3.63) is 36.0 Å². The van der Waals surface area contributed by atoms with E-state index < -0.39 is 17.9 Å². The van der Waals surface area contributed by atoms with Gasteiger partial charge in [0, 0.05) is 16.7 Å². The first-order valence-corrected chi connectivity index (χ1v) is 9.39. The first-order valence-electron chi connectivity index (χ1n) is 9.39. The number of aliphatic carboxylic acids is 3. The van der Waals surface area contributed by atoms with Gasteiger partial charge in [0.2, 0.25) is 0 Å². The summed E-state index contributed by atoms with van der Waals surface area (Å²) >= 11 is 0. The van der Waals surface area contributed by atoms with Crippen molar-refractivity contribution in [2.75, 3.05) is 13.2 Å². The topological polar surface area (TPSA) is 193 Å². The molecule has 10 nitrogen and oxygen atoms in total. The number of carbonyl (C=O) groups is 3. The summed E-state index contributed by atoms with van der Waals surface area (Å²) < 4.78 is 0. The van der Waals surface area contributed by atoms with Crippen LogP contribution in [0.3, 0.4) is 0 Å². The van der Waals surface area contributed by atoms with E-state index in [2.05, 4.69) is 13.2 Å². The number of carboxylic acid groups (broad SMARTS) is 3. The van der Waals surface area contributed by atoms with Crippen LogP contribution in [0.4, 0.5) is 0 Å². The highest BCUT2D eigenvalue weighted by atomic mass is 16.4. The van der Waals surface area contributed by atoms with Crippen LogP contribution in [0.25, 0.3) is 0 Å². The lowest BCUT2D eigenvalue weighted by atomic mass is 9.95. The van der Waals surface area contributed by atoms with Crippen molar-refractivity contribution < 1.29 is 50.1 Å². The average molecular weight is 451 g/mol. The van der Waals surface area contributed by atoms with Crippen LogP contribution in [0.15, 0.2) is 36.0 Å². The minimum atomic E-state index is -0.935. The third kappa shape index (κ3) is 35.3. The molecule has 0 aromatic rings. The fourth-order valence-corrected chi connectivity index (χ4v) is 1.18. The molecule has 1 aliphatic carbocycles. The molecule has 0 aromatic heterocycles. The Labute approximate surface area is 183 Å². The van der Waals surface area contributed by atoms with Crippen LogP contribution in [-0.2, 0) is 14.4 Å². The summed E-state index contributed by atoms with van der Waals surface area (Å²) in [5.74, 6) is -2.72. The Balaban J connectivity index is -0.000000150. The van der Waals surface area contributed by atoms with Gasteiger partial charge in [-0.05, 0) is 53.4 Å². The molecule has 182 valence electrons. The van der Waals surface area contributed by atoms with E-state index in [4.69, 9.17) is 35.7 Å². The zero-order chi connectivity index (χ0) is 25.6. The predicted molar refractivity (Wildman–Crippen MR) is 117 cm³/mol. The van der Waals surface area contributed by atoms with E-state index in [1.54, 1.807) is 19.9 Å². The van der Waals surface area contributed by atoms with Crippen molar-refractivity contribution in [3.8, 4) is 0 Å². The molecule has 0 amide bonds. The van der Waals surface area contributed by atoms with Crippen LogP contribution in [-0.4, -0.2) is 79.1 Å². The van der Waals surface area contributed by atoms with Crippen molar-refractivity contribution >= 4 is 17.9 Å². The maximum Gasteiger partial charge on any atom is 0.330 e. The molecule has 0 atom stereocenters. The van der Waals surface area contributed by atoms with Crippen molar-refractivity contribution in [2.45, 2.75) is 65.6 Å².